The number of amides is 1. The molecule has 6 nitrogen and oxygen atoms in total. The maximum atomic E-state index is 11.7. The summed E-state index contributed by atoms with van der Waals surface area (Å²) >= 11 is 10.1. The molecule has 1 aliphatic heterocycles. The topological polar surface area (TPSA) is 108 Å². The summed E-state index contributed by atoms with van der Waals surface area (Å²) in [7, 11) is 0. The van der Waals surface area contributed by atoms with Crippen LogP contribution in [0.3, 0.4) is 0 Å². The van der Waals surface area contributed by atoms with Gasteiger partial charge in [0.15, 0.2) is 0 Å². The number of nitrogens with one attached hydrogen (secondary N) is 1. The van der Waals surface area contributed by atoms with E-state index in [0.717, 1.165) is 0 Å². The molecule has 1 atom stereocenters. The molecule has 2 rings (SSSR count). The molecule has 0 saturated heterocycles. The molecule has 0 aliphatic carbocycles. The minimum absolute atomic E-state index is 0.146. The second kappa shape index (κ2) is 10.9. The van der Waals surface area contributed by atoms with Gasteiger partial charge in [0.05, 0.1) is 28.2 Å². The van der Waals surface area contributed by atoms with E-state index >= 15 is 0 Å². The summed E-state index contributed by atoms with van der Waals surface area (Å²) in [5.41, 5.74) is 12.2. The lowest BCUT2D eigenvalue weighted by atomic mass is 9.83. The summed E-state index contributed by atoms with van der Waals surface area (Å²) in [6.07, 6.45) is 0. The number of benzene rings is 1. The molecule has 0 radical (unpaired) electrons. The summed E-state index contributed by atoms with van der Waals surface area (Å²) in [4.78, 5) is 14.0. The Bertz CT molecular complexity index is 775. The van der Waals surface area contributed by atoms with E-state index < -0.39 is 11.8 Å². The lowest BCUT2D eigenvalue weighted by molar-refractivity contribution is -0.114. The number of rotatable bonds is 5. The molecule has 8 heteroatoms. The second-order valence-corrected chi connectivity index (χ2v) is 6.68. The second-order valence-electron chi connectivity index (χ2n) is 5.80. The largest absolute Gasteiger partial charge is 0.384 e. The van der Waals surface area contributed by atoms with E-state index in [1.807, 2.05) is 6.07 Å². The van der Waals surface area contributed by atoms with Crippen molar-refractivity contribution in [1.82, 2.24) is 10.2 Å². The zero-order chi connectivity index (χ0) is 20.6. The SMILES string of the molecule is CCN(CC)CC.N#CC1=C(N)NC(S)=C(C(N)=O)C1c1cccc(Cl)c1. The predicted octanol–water partition coefficient (Wildman–Crippen LogP) is 2.70. The Hall–Kier alpha value is -2.14. The van der Waals surface area contributed by atoms with E-state index in [9.17, 15) is 10.1 Å². The molecule has 1 aliphatic rings. The molecule has 146 valence electrons. The van der Waals surface area contributed by atoms with Crippen molar-refractivity contribution in [1.29, 1.82) is 5.26 Å². The molecule has 0 saturated carbocycles. The predicted molar refractivity (Wildman–Crippen MR) is 113 cm³/mol. The molecule has 0 spiro atoms. The molecule has 5 N–H and O–H groups in total. The summed E-state index contributed by atoms with van der Waals surface area (Å²) in [5, 5.41) is 12.7. The van der Waals surface area contributed by atoms with Gasteiger partial charge < -0.3 is 21.7 Å². The van der Waals surface area contributed by atoms with Crippen molar-refractivity contribution in [3.63, 3.8) is 0 Å². The summed E-state index contributed by atoms with van der Waals surface area (Å²) in [6, 6.07) is 8.82. The lowest BCUT2D eigenvalue weighted by Crippen LogP contribution is -2.33. The van der Waals surface area contributed by atoms with Crippen LogP contribution in [0.1, 0.15) is 32.3 Å². The van der Waals surface area contributed by atoms with Gasteiger partial charge in [-0.1, -0.05) is 44.5 Å². The molecule has 0 bridgehead atoms. The highest BCUT2D eigenvalue weighted by Crippen LogP contribution is 2.38. The fourth-order valence-electron chi connectivity index (χ4n) is 2.77. The first kappa shape index (κ1) is 22.9. The number of carbonyl (C=O) groups excluding carboxylic acids is 1. The van der Waals surface area contributed by atoms with Crippen molar-refractivity contribution in [2.75, 3.05) is 19.6 Å². The van der Waals surface area contributed by atoms with Crippen molar-refractivity contribution in [3.8, 4) is 6.07 Å². The maximum Gasteiger partial charge on any atom is 0.248 e. The summed E-state index contributed by atoms with van der Waals surface area (Å²) < 4.78 is 0. The highest BCUT2D eigenvalue weighted by molar-refractivity contribution is 7.84. The van der Waals surface area contributed by atoms with Gasteiger partial charge in [0.25, 0.3) is 0 Å². The van der Waals surface area contributed by atoms with Gasteiger partial charge in [-0.15, -0.1) is 12.6 Å². The van der Waals surface area contributed by atoms with Crippen molar-refractivity contribution in [2.45, 2.75) is 26.7 Å². The molecular formula is C19H26ClN5OS. The van der Waals surface area contributed by atoms with Crippen LogP contribution in [0.4, 0.5) is 0 Å². The van der Waals surface area contributed by atoms with Crippen molar-refractivity contribution in [2.24, 2.45) is 11.5 Å². The Morgan fingerprint density at radius 3 is 2.33 bits per heavy atom. The van der Waals surface area contributed by atoms with Crippen LogP contribution < -0.4 is 16.8 Å². The molecule has 0 aromatic heterocycles. The van der Waals surface area contributed by atoms with Crippen LogP contribution in [0.5, 0.6) is 0 Å². The summed E-state index contributed by atoms with van der Waals surface area (Å²) in [5.74, 6) is -1.20. The number of dihydropyridines is 1. The van der Waals surface area contributed by atoms with Gasteiger partial charge in [0.1, 0.15) is 5.82 Å². The van der Waals surface area contributed by atoms with Gasteiger partial charge >= 0.3 is 0 Å². The van der Waals surface area contributed by atoms with E-state index in [0.29, 0.717) is 10.6 Å². The molecule has 1 unspecified atom stereocenters. The quantitative estimate of drug-likeness (QED) is 0.561. The first-order valence-corrected chi connectivity index (χ1v) is 9.50. The van der Waals surface area contributed by atoms with Crippen LogP contribution in [0, 0.1) is 11.3 Å². The van der Waals surface area contributed by atoms with E-state index in [-0.39, 0.29) is 22.0 Å². The van der Waals surface area contributed by atoms with Crippen LogP contribution >= 0.6 is 24.2 Å². The Morgan fingerprint density at radius 1 is 1.33 bits per heavy atom. The average Bonchev–Trinajstić information content (AvgIpc) is 2.62. The lowest BCUT2D eigenvalue weighted by Gasteiger charge is -2.27. The Balaban J connectivity index is 0.000000445. The molecule has 1 aromatic carbocycles. The number of carbonyl (C=O) groups is 1. The number of halogens is 1. The fourth-order valence-corrected chi connectivity index (χ4v) is 3.33. The maximum absolute atomic E-state index is 11.7. The number of nitrogens with two attached hydrogens (primary N) is 2. The fraction of sp³-hybridized carbons (Fsp3) is 0.368. The number of nitrogens with zero attached hydrogens (tertiary/aromatic N) is 2. The number of hydrogen-bond acceptors (Lipinski definition) is 6. The minimum atomic E-state index is -0.676. The smallest absolute Gasteiger partial charge is 0.248 e. The zero-order valence-electron chi connectivity index (χ0n) is 15.8. The van der Waals surface area contributed by atoms with Crippen LogP contribution in [0.2, 0.25) is 5.02 Å². The van der Waals surface area contributed by atoms with E-state index in [1.165, 1.54) is 19.6 Å². The molecule has 1 amide bonds. The first-order chi connectivity index (χ1) is 12.8. The normalized spacial score (nSPS) is 16.4. The number of nitriles is 1. The molecule has 1 aromatic rings. The Labute approximate surface area is 171 Å². The molecule has 0 fully saturated rings. The van der Waals surface area contributed by atoms with E-state index in [2.05, 4.69) is 43.6 Å². The minimum Gasteiger partial charge on any atom is -0.384 e. The van der Waals surface area contributed by atoms with Crippen molar-refractivity contribution in [3.05, 3.63) is 56.8 Å². The Morgan fingerprint density at radius 2 is 1.93 bits per heavy atom. The average molecular weight is 408 g/mol. The van der Waals surface area contributed by atoms with Crippen LogP contribution in [0.15, 0.2) is 46.3 Å². The van der Waals surface area contributed by atoms with Gasteiger partial charge in [-0.2, -0.15) is 5.26 Å². The van der Waals surface area contributed by atoms with Gasteiger partial charge in [-0.05, 0) is 37.3 Å². The molecule has 1 heterocycles. The van der Waals surface area contributed by atoms with Gasteiger partial charge in [0, 0.05) is 5.02 Å². The first-order valence-electron chi connectivity index (χ1n) is 8.68. The number of hydrogen-bond donors (Lipinski definition) is 4. The van der Waals surface area contributed by atoms with Gasteiger partial charge in [0.2, 0.25) is 5.91 Å². The molecular weight excluding hydrogens is 382 g/mol. The van der Waals surface area contributed by atoms with E-state index in [1.54, 1.807) is 24.3 Å². The highest BCUT2D eigenvalue weighted by atomic mass is 35.5. The number of allylic oxidation sites excluding steroid dienone is 1. The van der Waals surface area contributed by atoms with Crippen LogP contribution in [0.25, 0.3) is 0 Å². The van der Waals surface area contributed by atoms with Gasteiger partial charge in [-0.3, -0.25) is 4.79 Å². The van der Waals surface area contributed by atoms with Crippen molar-refractivity contribution >= 4 is 30.1 Å². The highest BCUT2D eigenvalue weighted by Gasteiger charge is 2.33. The van der Waals surface area contributed by atoms with E-state index in [4.69, 9.17) is 23.1 Å². The zero-order valence-corrected chi connectivity index (χ0v) is 17.4. The van der Waals surface area contributed by atoms with Crippen LogP contribution in [-0.2, 0) is 4.79 Å². The Kier molecular flexibility index (Phi) is 9.22. The summed E-state index contributed by atoms with van der Waals surface area (Å²) in [6.45, 7) is 10.1. The van der Waals surface area contributed by atoms with Gasteiger partial charge in [-0.25, -0.2) is 0 Å². The third kappa shape index (κ3) is 5.93. The van der Waals surface area contributed by atoms with Crippen molar-refractivity contribution < 1.29 is 4.79 Å². The van der Waals surface area contributed by atoms with Crippen LogP contribution in [-0.4, -0.2) is 30.4 Å². The monoisotopic (exact) mass is 407 g/mol. The molecule has 27 heavy (non-hydrogen) atoms. The number of thiol groups is 1. The third-order valence-electron chi connectivity index (χ3n) is 4.29. The number of primary amides is 1. The standard InChI is InChI=1S/C13H11ClN4OS.C6H15N/c14-7-3-1-2-6(4-7)9-8(5-15)11(16)18-13(20)10(9)12(17)19;1-4-7(5-2)6-3/h1-4,9,18,20H,16H2,(H2,17,19);4-6H2,1-3H3. The third-order valence-corrected chi connectivity index (χ3v) is 4.87.